The molecule has 0 saturated heterocycles. The Bertz CT molecular complexity index is 1350. The zero-order valence-corrected chi connectivity index (χ0v) is 16.7. The molecule has 0 spiro atoms. The fraction of sp³-hybridized carbons (Fsp3) is 0.190. The molecule has 0 fully saturated rings. The van der Waals surface area contributed by atoms with Gasteiger partial charge in [0.15, 0.2) is 0 Å². The zero-order chi connectivity index (χ0) is 22.1. The SMILES string of the molecule is O=C(O)Cn1nc(Cc2cc3cc(Cl)c(OCC(F)F)cc3[nH]2)c2ccccc2c1=O. The fourth-order valence-electron chi connectivity index (χ4n) is 3.40. The second kappa shape index (κ2) is 8.35. The number of alkyl halides is 2. The lowest BCUT2D eigenvalue weighted by atomic mass is 10.1. The molecule has 31 heavy (non-hydrogen) atoms. The van der Waals surface area contributed by atoms with Crippen molar-refractivity contribution in [3.63, 3.8) is 0 Å². The number of rotatable bonds is 7. The van der Waals surface area contributed by atoms with Crippen molar-refractivity contribution in [2.75, 3.05) is 6.61 Å². The predicted octanol–water partition coefficient (Wildman–Crippen LogP) is 3.85. The van der Waals surface area contributed by atoms with E-state index in [0.29, 0.717) is 22.0 Å². The van der Waals surface area contributed by atoms with Crippen LogP contribution in [-0.4, -0.2) is 38.9 Å². The van der Waals surface area contributed by atoms with Gasteiger partial charge in [-0.3, -0.25) is 9.59 Å². The maximum absolute atomic E-state index is 12.5. The van der Waals surface area contributed by atoms with Crippen LogP contribution in [0.3, 0.4) is 0 Å². The number of aliphatic carboxylic acids is 1. The average Bonchev–Trinajstić information content (AvgIpc) is 3.10. The summed E-state index contributed by atoms with van der Waals surface area (Å²) in [6.07, 6.45) is -2.34. The van der Waals surface area contributed by atoms with Crippen LogP contribution in [0.15, 0.2) is 47.3 Å². The molecular formula is C21H16ClF2N3O4. The summed E-state index contributed by atoms with van der Waals surface area (Å²) >= 11 is 6.13. The molecule has 0 aliphatic heterocycles. The van der Waals surface area contributed by atoms with E-state index < -0.39 is 31.1 Å². The van der Waals surface area contributed by atoms with Crippen molar-refractivity contribution in [1.82, 2.24) is 14.8 Å². The highest BCUT2D eigenvalue weighted by Gasteiger charge is 2.15. The van der Waals surface area contributed by atoms with Crippen molar-refractivity contribution in [3.8, 4) is 5.75 Å². The number of halogens is 3. The van der Waals surface area contributed by atoms with Gasteiger partial charge in [0.05, 0.1) is 16.1 Å². The van der Waals surface area contributed by atoms with Crippen molar-refractivity contribution in [3.05, 3.63) is 69.2 Å². The smallest absolute Gasteiger partial charge is 0.325 e. The molecule has 2 aromatic heterocycles. The number of H-pyrrole nitrogens is 1. The van der Waals surface area contributed by atoms with Crippen LogP contribution < -0.4 is 10.3 Å². The van der Waals surface area contributed by atoms with E-state index in [4.69, 9.17) is 21.4 Å². The molecule has 0 atom stereocenters. The van der Waals surface area contributed by atoms with Crippen LogP contribution >= 0.6 is 11.6 Å². The largest absolute Gasteiger partial charge is 0.486 e. The first-order valence-corrected chi connectivity index (χ1v) is 9.62. The summed E-state index contributed by atoms with van der Waals surface area (Å²) in [6.45, 7) is -1.32. The number of aromatic amines is 1. The molecule has 0 saturated carbocycles. The molecule has 4 aromatic rings. The van der Waals surface area contributed by atoms with Crippen molar-refractivity contribution in [2.45, 2.75) is 19.4 Å². The maximum atomic E-state index is 12.5. The van der Waals surface area contributed by atoms with E-state index in [1.807, 2.05) is 6.07 Å². The molecule has 0 unspecified atom stereocenters. The lowest BCUT2D eigenvalue weighted by Gasteiger charge is -2.09. The monoisotopic (exact) mass is 447 g/mol. The Hall–Kier alpha value is -3.46. The number of ether oxygens (including phenoxy) is 1. The van der Waals surface area contributed by atoms with Crippen LogP contribution in [0.4, 0.5) is 8.78 Å². The maximum Gasteiger partial charge on any atom is 0.325 e. The average molecular weight is 448 g/mol. The molecule has 2 N–H and O–H groups in total. The first-order chi connectivity index (χ1) is 14.8. The molecule has 7 nitrogen and oxygen atoms in total. The topological polar surface area (TPSA) is 97.2 Å². The molecule has 2 aromatic carbocycles. The first-order valence-electron chi connectivity index (χ1n) is 9.24. The number of hydrogen-bond acceptors (Lipinski definition) is 4. The molecule has 2 heterocycles. The van der Waals surface area contributed by atoms with E-state index in [1.54, 1.807) is 36.4 Å². The molecule has 0 aliphatic rings. The van der Waals surface area contributed by atoms with Gasteiger partial charge in [-0.2, -0.15) is 5.10 Å². The zero-order valence-electron chi connectivity index (χ0n) is 15.9. The summed E-state index contributed by atoms with van der Waals surface area (Å²) in [5, 5.41) is 15.3. The van der Waals surface area contributed by atoms with E-state index >= 15 is 0 Å². The van der Waals surface area contributed by atoms with Gasteiger partial charge in [-0.05, 0) is 18.2 Å². The minimum absolute atomic E-state index is 0.140. The highest BCUT2D eigenvalue weighted by Crippen LogP contribution is 2.31. The number of nitrogens with zero attached hydrogens (tertiary/aromatic N) is 2. The van der Waals surface area contributed by atoms with E-state index in [0.717, 1.165) is 15.8 Å². The summed E-state index contributed by atoms with van der Waals surface area (Å²) in [7, 11) is 0. The van der Waals surface area contributed by atoms with E-state index in [2.05, 4.69) is 10.1 Å². The van der Waals surface area contributed by atoms with Crippen molar-refractivity contribution >= 4 is 39.2 Å². The lowest BCUT2D eigenvalue weighted by Crippen LogP contribution is -2.28. The number of carboxylic acid groups (broad SMARTS) is 1. The molecule has 0 amide bonds. The number of fused-ring (bicyclic) bond motifs is 2. The number of carbonyl (C=O) groups is 1. The van der Waals surface area contributed by atoms with Crippen LogP contribution in [0.1, 0.15) is 11.4 Å². The normalized spacial score (nSPS) is 11.5. The number of benzene rings is 2. The molecular weight excluding hydrogens is 432 g/mol. The number of aromatic nitrogens is 3. The number of nitrogens with one attached hydrogen (secondary N) is 1. The third-order valence-corrected chi connectivity index (χ3v) is 4.98. The number of hydrogen-bond donors (Lipinski definition) is 2. The third-order valence-electron chi connectivity index (χ3n) is 4.68. The quantitative estimate of drug-likeness (QED) is 0.448. The first kappa shape index (κ1) is 20.8. The van der Waals surface area contributed by atoms with Crippen LogP contribution in [0, 0.1) is 0 Å². The van der Waals surface area contributed by atoms with Gasteiger partial charge in [0.25, 0.3) is 12.0 Å². The van der Waals surface area contributed by atoms with Gasteiger partial charge in [0, 0.05) is 34.5 Å². The summed E-state index contributed by atoms with van der Waals surface area (Å²) in [5.41, 5.74) is 1.39. The Labute approximate surface area is 178 Å². The predicted molar refractivity (Wildman–Crippen MR) is 111 cm³/mol. The highest BCUT2D eigenvalue weighted by atomic mass is 35.5. The standard InChI is InChI=1S/C21H16ClF2N3O4/c22-15-6-11-5-12(25-16(11)8-18(15)31-10-19(23)24)7-17-13-3-1-2-4-14(13)21(30)27(26-17)9-20(28)29/h1-6,8,19,25H,7,9-10H2,(H,28,29). The third kappa shape index (κ3) is 4.36. The van der Waals surface area contributed by atoms with Gasteiger partial charge < -0.3 is 14.8 Å². The van der Waals surface area contributed by atoms with Gasteiger partial charge in [-0.15, -0.1) is 0 Å². The molecule has 0 bridgehead atoms. The lowest BCUT2D eigenvalue weighted by molar-refractivity contribution is -0.138. The number of carboxylic acids is 1. The Kier molecular flexibility index (Phi) is 5.60. The Morgan fingerprint density at radius 2 is 1.97 bits per heavy atom. The minimum Gasteiger partial charge on any atom is -0.486 e. The van der Waals surface area contributed by atoms with Gasteiger partial charge in [-0.25, -0.2) is 13.5 Å². The summed E-state index contributed by atoms with van der Waals surface area (Å²) in [6, 6.07) is 11.8. The van der Waals surface area contributed by atoms with E-state index in [9.17, 15) is 18.4 Å². The molecule has 0 aliphatic carbocycles. The van der Waals surface area contributed by atoms with Crippen LogP contribution in [0.5, 0.6) is 5.75 Å². The second-order valence-corrected chi connectivity index (χ2v) is 7.30. The van der Waals surface area contributed by atoms with E-state index in [1.165, 1.54) is 0 Å². The molecule has 160 valence electrons. The van der Waals surface area contributed by atoms with Gasteiger partial charge >= 0.3 is 5.97 Å². The Balaban J connectivity index is 1.74. The Morgan fingerprint density at radius 3 is 2.68 bits per heavy atom. The van der Waals surface area contributed by atoms with Crippen LogP contribution in [-0.2, 0) is 17.8 Å². The van der Waals surface area contributed by atoms with Gasteiger partial charge in [-0.1, -0.05) is 29.8 Å². The minimum atomic E-state index is -2.62. The summed E-state index contributed by atoms with van der Waals surface area (Å²) < 4.78 is 30.8. The van der Waals surface area contributed by atoms with Crippen LogP contribution in [0.25, 0.3) is 21.7 Å². The van der Waals surface area contributed by atoms with Crippen molar-refractivity contribution in [1.29, 1.82) is 0 Å². The van der Waals surface area contributed by atoms with Crippen LogP contribution in [0.2, 0.25) is 5.02 Å². The fourth-order valence-corrected chi connectivity index (χ4v) is 3.63. The van der Waals surface area contributed by atoms with Crippen molar-refractivity contribution in [2.24, 2.45) is 0 Å². The highest BCUT2D eigenvalue weighted by molar-refractivity contribution is 6.32. The van der Waals surface area contributed by atoms with Gasteiger partial charge in [0.1, 0.15) is 18.9 Å². The summed E-state index contributed by atoms with van der Waals surface area (Å²) in [5.74, 6) is -1.03. The summed E-state index contributed by atoms with van der Waals surface area (Å²) in [4.78, 5) is 26.8. The van der Waals surface area contributed by atoms with E-state index in [-0.39, 0.29) is 17.2 Å². The molecule has 10 heteroatoms. The van der Waals surface area contributed by atoms with Gasteiger partial charge in [0.2, 0.25) is 0 Å². The molecule has 4 rings (SSSR count). The molecule has 0 radical (unpaired) electrons. The second-order valence-electron chi connectivity index (χ2n) is 6.89. The van der Waals surface area contributed by atoms with Crippen molar-refractivity contribution < 1.29 is 23.4 Å². The Morgan fingerprint density at radius 1 is 1.23 bits per heavy atom.